The molecule has 5 nitrogen and oxygen atoms in total. The van der Waals surface area contributed by atoms with Gasteiger partial charge in [-0.05, 0) is 47.9 Å². The first kappa shape index (κ1) is 17.7. The summed E-state index contributed by atoms with van der Waals surface area (Å²) in [6, 6.07) is 17.8. The largest absolute Gasteiger partial charge is 0.365 e. The Morgan fingerprint density at radius 2 is 1.86 bits per heavy atom. The molecule has 0 aliphatic carbocycles. The van der Waals surface area contributed by atoms with Gasteiger partial charge in [0.25, 0.3) is 5.91 Å². The summed E-state index contributed by atoms with van der Waals surface area (Å²) in [4.78, 5) is 16.2. The second-order valence-corrected chi connectivity index (χ2v) is 7.50. The molecule has 0 aliphatic rings. The number of primary amides is 1. The number of anilines is 2. The van der Waals surface area contributed by atoms with E-state index in [9.17, 15) is 4.79 Å². The number of pyridine rings is 1. The van der Waals surface area contributed by atoms with Gasteiger partial charge in [0.15, 0.2) is 0 Å². The standard InChI is InChI=1S/C22H16N4OS/c1-13-8-15(2-3-16(13)10-23)14-4-6-17(7-5-14)26-19-11-25-12-21-18(19)9-20(28-21)22(24)27/h2-9,11-12,26H,1H3,(H2,24,27). The number of carbonyl (C=O) groups is 1. The third kappa shape index (κ3) is 3.31. The van der Waals surface area contributed by atoms with Gasteiger partial charge < -0.3 is 11.1 Å². The summed E-state index contributed by atoms with van der Waals surface area (Å²) in [5.74, 6) is -0.436. The van der Waals surface area contributed by atoms with Crippen LogP contribution in [0.4, 0.5) is 11.4 Å². The minimum absolute atomic E-state index is 0.436. The van der Waals surface area contributed by atoms with E-state index in [1.165, 1.54) is 11.3 Å². The number of hydrogen-bond donors (Lipinski definition) is 2. The molecule has 136 valence electrons. The van der Waals surface area contributed by atoms with E-state index < -0.39 is 5.91 Å². The maximum atomic E-state index is 11.5. The first-order valence-corrected chi connectivity index (χ1v) is 9.42. The number of benzene rings is 2. The fourth-order valence-electron chi connectivity index (χ4n) is 3.05. The number of aromatic nitrogens is 1. The van der Waals surface area contributed by atoms with Crippen LogP contribution in [0.5, 0.6) is 0 Å². The van der Waals surface area contributed by atoms with E-state index in [0.717, 1.165) is 38.2 Å². The number of nitrogens with one attached hydrogen (secondary N) is 1. The number of amides is 1. The van der Waals surface area contributed by atoms with Crippen molar-refractivity contribution in [2.45, 2.75) is 6.92 Å². The molecule has 2 aromatic carbocycles. The molecule has 0 saturated heterocycles. The van der Waals surface area contributed by atoms with Gasteiger partial charge in [0.1, 0.15) is 0 Å². The number of nitriles is 1. The molecule has 28 heavy (non-hydrogen) atoms. The molecule has 1 amide bonds. The normalized spacial score (nSPS) is 10.6. The molecule has 0 saturated carbocycles. The molecule has 0 fully saturated rings. The molecule has 3 N–H and O–H groups in total. The molecule has 0 spiro atoms. The lowest BCUT2D eigenvalue weighted by Crippen LogP contribution is -2.08. The number of carbonyl (C=O) groups excluding carboxylic acids is 1. The number of thiophene rings is 1. The van der Waals surface area contributed by atoms with Gasteiger partial charge in [-0.15, -0.1) is 11.3 Å². The smallest absolute Gasteiger partial charge is 0.258 e. The first-order valence-electron chi connectivity index (χ1n) is 8.61. The van der Waals surface area contributed by atoms with Crippen LogP contribution in [-0.2, 0) is 0 Å². The second-order valence-electron chi connectivity index (χ2n) is 6.42. The molecule has 0 bridgehead atoms. The third-order valence-corrected chi connectivity index (χ3v) is 5.62. The van der Waals surface area contributed by atoms with Crippen molar-refractivity contribution >= 4 is 38.7 Å². The van der Waals surface area contributed by atoms with Crippen LogP contribution in [0.2, 0.25) is 0 Å². The average Bonchev–Trinajstić information content (AvgIpc) is 3.14. The van der Waals surface area contributed by atoms with Crippen LogP contribution in [0.3, 0.4) is 0 Å². The van der Waals surface area contributed by atoms with Crippen molar-refractivity contribution in [1.29, 1.82) is 5.26 Å². The summed E-state index contributed by atoms with van der Waals surface area (Å²) in [6.45, 7) is 1.94. The Kier molecular flexibility index (Phi) is 4.52. The molecular weight excluding hydrogens is 368 g/mol. The predicted octanol–water partition coefficient (Wildman–Crippen LogP) is 4.99. The molecule has 0 aliphatic heterocycles. The maximum Gasteiger partial charge on any atom is 0.258 e. The molecule has 4 aromatic rings. The summed E-state index contributed by atoms with van der Waals surface area (Å²) in [6.07, 6.45) is 3.46. The molecule has 6 heteroatoms. The first-order chi connectivity index (χ1) is 13.5. The molecular formula is C22H16N4OS. The van der Waals surface area contributed by atoms with E-state index in [1.54, 1.807) is 18.5 Å². The molecule has 4 rings (SSSR count). The molecule has 2 heterocycles. The van der Waals surface area contributed by atoms with Crippen molar-refractivity contribution < 1.29 is 4.79 Å². The van der Waals surface area contributed by atoms with Crippen LogP contribution >= 0.6 is 11.3 Å². The van der Waals surface area contributed by atoms with Gasteiger partial charge in [0.05, 0.1) is 33.1 Å². The molecule has 2 aromatic heterocycles. The highest BCUT2D eigenvalue weighted by Gasteiger charge is 2.10. The van der Waals surface area contributed by atoms with Crippen molar-refractivity contribution in [1.82, 2.24) is 4.98 Å². The number of hydrogen-bond acceptors (Lipinski definition) is 5. The number of nitrogens with two attached hydrogens (primary N) is 1. The number of rotatable bonds is 4. The van der Waals surface area contributed by atoms with Crippen LogP contribution in [0, 0.1) is 18.3 Å². The summed E-state index contributed by atoms with van der Waals surface area (Å²) in [5, 5.41) is 13.3. The summed E-state index contributed by atoms with van der Waals surface area (Å²) in [5.41, 5.74) is 10.9. The Bertz CT molecular complexity index is 1240. The maximum absolute atomic E-state index is 11.5. The Labute approximate surface area is 166 Å². The fraction of sp³-hybridized carbons (Fsp3) is 0.0455. The van der Waals surface area contributed by atoms with E-state index in [4.69, 9.17) is 11.0 Å². The van der Waals surface area contributed by atoms with Crippen molar-refractivity contribution in [3.63, 3.8) is 0 Å². The molecule has 0 unspecified atom stereocenters. The van der Waals surface area contributed by atoms with Crippen molar-refractivity contribution in [3.05, 3.63) is 76.9 Å². The third-order valence-electron chi connectivity index (χ3n) is 4.53. The Hall–Kier alpha value is -3.69. The minimum atomic E-state index is -0.436. The number of fused-ring (bicyclic) bond motifs is 1. The van der Waals surface area contributed by atoms with Gasteiger partial charge in [-0.25, -0.2) is 0 Å². The molecule has 0 atom stereocenters. The monoisotopic (exact) mass is 384 g/mol. The van der Waals surface area contributed by atoms with Crippen molar-refractivity contribution in [2.75, 3.05) is 5.32 Å². The average molecular weight is 384 g/mol. The lowest BCUT2D eigenvalue weighted by atomic mass is 10.0. The van der Waals surface area contributed by atoms with Gasteiger partial charge in [0.2, 0.25) is 0 Å². The highest BCUT2D eigenvalue weighted by molar-refractivity contribution is 7.20. The predicted molar refractivity (Wildman–Crippen MR) is 113 cm³/mol. The van der Waals surface area contributed by atoms with E-state index in [1.807, 2.05) is 49.4 Å². The summed E-state index contributed by atoms with van der Waals surface area (Å²) in [7, 11) is 0. The van der Waals surface area contributed by atoms with Crippen LogP contribution in [0.1, 0.15) is 20.8 Å². The van der Waals surface area contributed by atoms with Gasteiger partial charge in [0, 0.05) is 17.3 Å². The highest BCUT2D eigenvalue weighted by atomic mass is 32.1. The topological polar surface area (TPSA) is 91.8 Å². The van der Waals surface area contributed by atoms with Gasteiger partial charge in [-0.1, -0.05) is 24.3 Å². The zero-order chi connectivity index (χ0) is 19.7. The zero-order valence-corrected chi connectivity index (χ0v) is 15.9. The van der Waals surface area contributed by atoms with Crippen LogP contribution in [0.25, 0.3) is 21.2 Å². The highest BCUT2D eigenvalue weighted by Crippen LogP contribution is 2.32. The molecule has 0 radical (unpaired) electrons. The SMILES string of the molecule is Cc1cc(-c2ccc(Nc3cncc4sc(C(N)=O)cc34)cc2)ccc1C#N. The van der Waals surface area contributed by atoms with E-state index in [2.05, 4.69) is 16.4 Å². The lowest BCUT2D eigenvalue weighted by Gasteiger charge is -2.09. The zero-order valence-electron chi connectivity index (χ0n) is 15.1. The lowest BCUT2D eigenvalue weighted by molar-refractivity contribution is 0.100. The Morgan fingerprint density at radius 3 is 2.54 bits per heavy atom. The van der Waals surface area contributed by atoms with Crippen molar-refractivity contribution in [2.24, 2.45) is 5.73 Å². The van der Waals surface area contributed by atoms with Crippen LogP contribution in [-0.4, -0.2) is 10.9 Å². The van der Waals surface area contributed by atoms with Crippen molar-refractivity contribution in [3.8, 4) is 17.2 Å². The quantitative estimate of drug-likeness (QED) is 0.519. The van der Waals surface area contributed by atoms with Gasteiger partial charge in [-0.3, -0.25) is 9.78 Å². The van der Waals surface area contributed by atoms with Crippen LogP contribution < -0.4 is 11.1 Å². The minimum Gasteiger partial charge on any atom is -0.365 e. The Balaban J connectivity index is 1.62. The fourth-order valence-corrected chi connectivity index (χ4v) is 3.96. The summed E-state index contributed by atoms with van der Waals surface area (Å²) < 4.78 is 0.906. The van der Waals surface area contributed by atoms with E-state index in [0.29, 0.717) is 10.4 Å². The van der Waals surface area contributed by atoms with Crippen LogP contribution in [0.15, 0.2) is 60.9 Å². The summed E-state index contributed by atoms with van der Waals surface area (Å²) >= 11 is 1.33. The van der Waals surface area contributed by atoms with E-state index >= 15 is 0 Å². The Morgan fingerprint density at radius 1 is 1.11 bits per heavy atom. The number of nitrogens with zero attached hydrogens (tertiary/aromatic N) is 2. The second kappa shape index (κ2) is 7.14. The van der Waals surface area contributed by atoms with E-state index in [-0.39, 0.29) is 0 Å². The van der Waals surface area contributed by atoms with Gasteiger partial charge in [-0.2, -0.15) is 5.26 Å². The van der Waals surface area contributed by atoms with Gasteiger partial charge >= 0.3 is 0 Å². The number of aryl methyl sites for hydroxylation is 1.